The van der Waals surface area contributed by atoms with Gasteiger partial charge >= 0.3 is 0 Å². The number of halogens is 1. The van der Waals surface area contributed by atoms with Gasteiger partial charge in [-0.1, -0.05) is 0 Å². The smallest absolute Gasteiger partial charge is 0.260 e. The summed E-state index contributed by atoms with van der Waals surface area (Å²) in [7, 11) is 0. The third kappa shape index (κ3) is 3.55. The Morgan fingerprint density at radius 2 is 1.96 bits per heavy atom. The van der Waals surface area contributed by atoms with E-state index in [9.17, 15) is 9.18 Å². The zero-order valence-corrected chi connectivity index (χ0v) is 14.4. The number of likely N-dealkylation sites (tertiary alicyclic amines) is 1. The number of hydrogen-bond donors (Lipinski definition) is 0. The van der Waals surface area contributed by atoms with Crippen LogP contribution in [-0.2, 0) is 9.53 Å². The molecular weight excluding hydrogens is 339 g/mol. The Kier molecular flexibility index (Phi) is 4.83. The van der Waals surface area contributed by atoms with Crippen molar-refractivity contribution in [2.24, 2.45) is 0 Å². The van der Waals surface area contributed by atoms with Gasteiger partial charge in [0, 0.05) is 32.2 Å². The second-order valence-corrected chi connectivity index (χ2v) is 6.68. The molecule has 0 unspecified atom stereocenters. The minimum Gasteiger partial charge on any atom is -0.484 e. The molecule has 0 bridgehead atoms. The first-order chi connectivity index (χ1) is 12.7. The predicted molar refractivity (Wildman–Crippen MR) is 90.3 cm³/mol. The highest BCUT2D eigenvalue weighted by atomic mass is 19.1. The van der Waals surface area contributed by atoms with E-state index in [1.807, 2.05) is 0 Å². The number of carbonyl (C=O) groups is 1. The van der Waals surface area contributed by atoms with Crippen molar-refractivity contribution in [3.05, 3.63) is 42.2 Å². The van der Waals surface area contributed by atoms with Crippen molar-refractivity contribution in [1.29, 1.82) is 0 Å². The summed E-state index contributed by atoms with van der Waals surface area (Å²) in [5.74, 6) is 1.44. The molecule has 2 fully saturated rings. The highest BCUT2D eigenvalue weighted by molar-refractivity contribution is 5.78. The summed E-state index contributed by atoms with van der Waals surface area (Å²) in [4.78, 5) is 14.0. The molecular formula is C18H21FN4O3. The first-order valence-corrected chi connectivity index (χ1v) is 8.84. The number of carbonyl (C=O) groups excluding carboxylic acids is 1. The van der Waals surface area contributed by atoms with Crippen LogP contribution in [0.15, 0.2) is 30.6 Å². The fraction of sp³-hybridized carbons (Fsp3) is 0.500. The molecule has 2 aromatic rings. The molecule has 4 rings (SSSR count). The van der Waals surface area contributed by atoms with E-state index in [4.69, 9.17) is 9.47 Å². The van der Waals surface area contributed by atoms with E-state index in [-0.39, 0.29) is 24.4 Å². The van der Waals surface area contributed by atoms with Crippen LogP contribution in [0.4, 0.5) is 4.39 Å². The summed E-state index contributed by atoms with van der Waals surface area (Å²) in [5.41, 5.74) is 0. The van der Waals surface area contributed by atoms with Crippen LogP contribution in [0.2, 0.25) is 0 Å². The molecule has 0 radical (unpaired) electrons. The summed E-state index contributed by atoms with van der Waals surface area (Å²) in [6.45, 7) is 2.72. The van der Waals surface area contributed by atoms with Crippen LogP contribution < -0.4 is 4.74 Å². The normalized spacial score (nSPS) is 18.6. The minimum absolute atomic E-state index is 0.0483. The average Bonchev–Trinajstić information content (AvgIpc) is 3.10. The van der Waals surface area contributed by atoms with Crippen molar-refractivity contribution in [3.8, 4) is 5.75 Å². The van der Waals surface area contributed by atoms with Gasteiger partial charge in [-0.05, 0) is 37.1 Å². The number of aromatic nitrogens is 3. The quantitative estimate of drug-likeness (QED) is 0.813. The van der Waals surface area contributed by atoms with Gasteiger partial charge in [-0.2, -0.15) is 0 Å². The van der Waals surface area contributed by atoms with Gasteiger partial charge in [0.2, 0.25) is 0 Å². The first-order valence-electron chi connectivity index (χ1n) is 8.84. The van der Waals surface area contributed by atoms with E-state index in [2.05, 4.69) is 14.8 Å². The predicted octanol–water partition coefficient (Wildman–Crippen LogP) is 1.77. The van der Waals surface area contributed by atoms with Gasteiger partial charge in [0.05, 0.1) is 6.04 Å². The van der Waals surface area contributed by atoms with Crippen molar-refractivity contribution >= 4 is 5.91 Å². The third-order valence-electron chi connectivity index (χ3n) is 4.97. The summed E-state index contributed by atoms with van der Waals surface area (Å²) in [5, 5.41) is 8.36. The monoisotopic (exact) mass is 360 g/mol. The molecule has 1 aromatic heterocycles. The van der Waals surface area contributed by atoms with E-state index in [0.29, 0.717) is 24.8 Å². The van der Waals surface area contributed by atoms with Crippen LogP contribution in [0, 0.1) is 5.82 Å². The zero-order chi connectivity index (χ0) is 17.9. The van der Waals surface area contributed by atoms with Crippen molar-refractivity contribution < 1.29 is 18.7 Å². The first kappa shape index (κ1) is 17.0. The van der Waals surface area contributed by atoms with E-state index in [0.717, 1.165) is 31.9 Å². The maximum absolute atomic E-state index is 12.9. The Balaban J connectivity index is 1.29. The van der Waals surface area contributed by atoms with Crippen LogP contribution in [0.3, 0.4) is 0 Å². The Hall–Kier alpha value is -2.48. The molecule has 0 saturated carbocycles. The Morgan fingerprint density at radius 1 is 1.23 bits per heavy atom. The molecule has 0 aliphatic carbocycles. The van der Waals surface area contributed by atoms with Gasteiger partial charge < -0.3 is 18.9 Å². The summed E-state index contributed by atoms with van der Waals surface area (Å²) in [6.07, 6.45) is 3.67. The molecule has 26 heavy (non-hydrogen) atoms. The largest absolute Gasteiger partial charge is 0.484 e. The van der Waals surface area contributed by atoms with Crippen molar-refractivity contribution in [3.63, 3.8) is 0 Å². The topological polar surface area (TPSA) is 69.5 Å². The van der Waals surface area contributed by atoms with Crippen LogP contribution in [0.1, 0.15) is 30.6 Å². The van der Waals surface area contributed by atoms with Gasteiger partial charge in [-0.25, -0.2) is 4.39 Å². The number of benzene rings is 1. The Labute approximate surface area is 150 Å². The SMILES string of the molecule is O=C(COc1ccc(F)cc1)N1CC(n2cnnc2C2CCOCC2)C1. The van der Waals surface area contributed by atoms with Crippen LogP contribution in [-0.4, -0.2) is 58.5 Å². The van der Waals surface area contributed by atoms with Crippen LogP contribution in [0.5, 0.6) is 5.75 Å². The molecule has 2 saturated heterocycles. The lowest BCUT2D eigenvalue weighted by Crippen LogP contribution is -2.52. The highest BCUT2D eigenvalue weighted by Gasteiger charge is 2.34. The maximum Gasteiger partial charge on any atom is 0.260 e. The number of rotatable bonds is 5. The molecule has 8 heteroatoms. The van der Waals surface area contributed by atoms with Gasteiger partial charge in [0.15, 0.2) is 6.61 Å². The second-order valence-electron chi connectivity index (χ2n) is 6.68. The number of amides is 1. The zero-order valence-electron chi connectivity index (χ0n) is 14.4. The van der Waals surface area contributed by atoms with Gasteiger partial charge in [0.1, 0.15) is 23.7 Å². The van der Waals surface area contributed by atoms with E-state index >= 15 is 0 Å². The van der Waals surface area contributed by atoms with Crippen LogP contribution >= 0.6 is 0 Å². The fourth-order valence-electron chi connectivity index (χ4n) is 3.38. The molecule has 2 aliphatic rings. The molecule has 0 spiro atoms. The fourth-order valence-corrected chi connectivity index (χ4v) is 3.38. The minimum atomic E-state index is -0.330. The molecule has 3 heterocycles. The highest BCUT2D eigenvalue weighted by Crippen LogP contribution is 2.30. The number of hydrogen-bond acceptors (Lipinski definition) is 5. The lowest BCUT2D eigenvalue weighted by atomic mass is 9.98. The Bertz CT molecular complexity index is 752. The van der Waals surface area contributed by atoms with Gasteiger partial charge in [-0.15, -0.1) is 10.2 Å². The van der Waals surface area contributed by atoms with E-state index < -0.39 is 0 Å². The van der Waals surface area contributed by atoms with Crippen molar-refractivity contribution in [1.82, 2.24) is 19.7 Å². The lowest BCUT2D eigenvalue weighted by Gasteiger charge is -2.40. The van der Waals surface area contributed by atoms with Gasteiger partial charge in [-0.3, -0.25) is 4.79 Å². The standard InChI is InChI=1S/C18H21FN4O3/c19-14-1-3-16(4-2-14)26-11-17(24)22-9-15(10-22)23-12-20-21-18(23)13-5-7-25-8-6-13/h1-4,12-13,15H,5-11H2. The van der Waals surface area contributed by atoms with Crippen LogP contribution in [0.25, 0.3) is 0 Å². The number of nitrogens with zero attached hydrogens (tertiary/aromatic N) is 4. The molecule has 0 atom stereocenters. The molecule has 1 amide bonds. The second kappa shape index (κ2) is 7.41. The molecule has 138 valence electrons. The summed E-state index contributed by atoms with van der Waals surface area (Å²) < 4.78 is 25.8. The third-order valence-corrected chi connectivity index (χ3v) is 4.97. The van der Waals surface area contributed by atoms with Crippen molar-refractivity contribution in [2.75, 3.05) is 32.9 Å². The molecule has 7 nitrogen and oxygen atoms in total. The molecule has 2 aliphatic heterocycles. The number of ether oxygens (including phenoxy) is 2. The summed E-state index contributed by atoms with van der Waals surface area (Å²) in [6, 6.07) is 5.85. The Morgan fingerprint density at radius 3 is 2.69 bits per heavy atom. The van der Waals surface area contributed by atoms with Crippen molar-refractivity contribution in [2.45, 2.75) is 24.8 Å². The van der Waals surface area contributed by atoms with E-state index in [1.165, 1.54) is 24.3 Å². The maximum atomic E-state index is 12.9. The lowest BCUT2D eigenvalue weighted by molar-refractivity contribution is -0.139. The summed E-state index contributed by atoms with van der Waals surface area (Å²) >= 11 is 0. The molecule has 0 N–H and O–H groups in total. The average molecular weight is 360 g/mol. The molecule has 1 aromatic carbocycles. The van der Waals surface area contributed by atoms with Gasteiger partial charge in [0.25, 0.3) is 5.91 Å². The van der Waals surface area contributed by atoms with E-state index in [1.54, 1.807) is 11.2 Å².